The monoisotopic (exact) mass is 479 g/mol. The van der Waals surface area contributed by atoms with E-state index in [1.807, 2.05) is 13.0 Å². The van der Waals surface area contributed by atoms with Gasteiger partial charge in [0.1, 0.15) is 21.5 Å². The van der Waals surface area contributed by atoms with E-state index in [1.54, 1.807) is 42.5 Å². The smallest absolute Gasteiger partial charge is 0.248 e. The maximum atomic E-state index is 13.2. The third-order valence-electron chi connectivity index (χ3n) is 4.56. The number of carbonyl (C=O) groups excluding carboxylic acids is 2. The Bertz CT molecular complexity index is 1290. The van der Waals surface area contributed by atoms with Gasteiger partial charge in [-0.2, -0.15) is 0 Å². The number of carbonyl (C=O) groups is 2. The highest BCUT2D eigenvalue weighted by Crippen LogP contribution is 2.34. The maximum Gasteiger partial charge on any atom is 0.248 e. The normalized spacial score (nSPS) is 10.7. The molecule has 2 heterocycles. The van der Waals surface area contributed by atoms with Gasteiger partial charge in [-0.15, -0.1) is 21.5 Å². The highest BCUT2D eigenvalue weighted by molar-refractivity contribution is 7.99. The van der Waals surface area contributed by atoms with Gasteiger partial charge in [0, 0.05) is 16.8 Å². The number of benzene rings is 2. The molecule has 4 aromatic rings. The number of primary amides is 1. The number of hydrogen-bond donors (Lipinski definition) is 2. The molecule has 2 aromatic heterocycles. The number of nitrogens with two attached hydrogens (primary N) is 1. The van der Waals surface area contributed by atoms with Crippen LogP contribution in [0.15, 0.2) is 65.7 Å². The number of hydrogen-bond acceptors (Lipinski definition) is 7. The Labute approximate surface area is 197 Å². The van der Waals surface area contributed by atoms with E-state index in [1.165, 1.54) is 35.2 Å². The van der Waals surface area contributed by atoms with Crippen molar-refractivity contribution in [3.63, 3.8) is 0 Å². The van der Waals surface area contributed by atoms with Gasteiger partial charge in [-0.1, -0.05) is 11.8 Å². The van der Waals surface area contributed by atoms with E-state index in [4.69, 9.17) is 5.73 Å². The summed E-state index contributed by atoms with van der Waals surface area (Å²) in [6.07, 6.45) is 0. The van der Waals surface area contributed by atoms with Gasteiger partial charge in [-0.25, -0.2) is 9.37 Å². The number of rotatable bonds is 7. The van der Waals surface area contributed by atoms with Crippen molar-refractivity contribution in [1.82, 2.24) is 15.2 Å². The summed E-state index contributed by atoms with van der Waals surface area (Å²) < 4.78 is 13.2. The SMILES string of the molecule is Cc1nc(-c2ccc(F)cc2)sc1-c1ccc(SCC(=O)Nc2ccc(C(N)=O)cc2)nn1. The summed E-state index contributed by atoms with van der Waals surface area (Å²) in [5, 5.41) is 12.6. The molecule has 0 unspecified atom stereocenters. The van der Waals surface area contributed by atoms with Crippen molar-refractivity contribution in [3.05, 3.63) is 77.7 Å². The molecular weight excluding hydrogens is 461 g/mol. The Morgan fingerprint density at radius 2 is 1.76 bits per heavy atom. The van der Waals surface area contributed by atoms with Crippen LogP contribution < -0.4 is 11.1 Å². The Balaban J connectivity index is 1.37. The molecule has 0 saturated carbocycles. The van der Waals surface area contributed by atoms with Crippen molar-refractivity contribution >= 4 is 40.6 Å². The van der Waals surface area contributed by atoms with Crippen LogP contribution in [0.1, 0.15) is 16.1 Å². The second-order valence-electron chi connectivity index (χ2n) is 6.98. The lowest BCUT2D eigenvalue weighted by Gasteiger charge is -2.05. The molecule has 166 valence electrons. The number of anilines is 1. The van der Waals surface area contributed by atoms with Gasteiger partial charge >= 0.3 is 0 Å². The van der Waals surface area contributed by atoms with Crippen LogP contribution in [0.3, 0.4) is 0 Å². The Kier molecular flexibility index (Phi) is 6.76. The van der Waals surface area contributed by atoms with Gasteiger partial charge in [0.15, 0.2) is 0 Å². The molecule has 3 N–H and O–H groups in total. The third kappa shape index (κ3) is 5.60. The van der Waals surface area contributed by atoms with E-state index in [-0.39, 0.29) is 17.5 Å². The Hall–Kier alpha value is -3.63. The summed E-state index contributed by atoms with van der Waals surface area (Å²) in [5.41, 5.74) is 8.49. The molecule has 4 rings (SSSR count). The summed E-state index contributed by atoms with van der Waals surface area (Å²) >= 11 is 2.72. The molecule has 10 heteroatoms. The first-order valence-corrected chi connectivity index (χ1v) is 11.6. The highest BCUT2D eigenvalue weighted by Gasteiger charge is 2.14. The minimum atomic E-state index is -0.523. The lowest BCUT2D eigenvalue weighted by Crippen LogP contribution is -2.15. The van der Waals surface area contributed by atoms with Crippen LogP contribution in [-0.2, 0) is 4.79 Å². The molecule has 0 saturated heterocycles. The van der Waals surface area contributed by atoms with E-state index in [0.29, 0.717) is 22.0 Å². The van der Waals surface area contributed by atoms with Gasteiger partial charge in [0.05, 0.1) is 16.3 Å². The standard InChI is InChI=1S/C23H18FN5O2S2/c1-13-21(33-23(26-13)15-2-6-16(24)7-3-15)18-10-11-20(29-28-18)32-12-19(30)27-17-8-4-14(5-9-17)22(25)31/h2-11H,12H2,1H3,(H2,25,31)(H,27,30). The van der Waals surface area contributed by atoms with Gasteiger partial charge in [0.2, 0.25) is 11.8 Å². The minimum absolute atomic E-state index is 0.153. The molecule has 0 spiro atoms. The van der Waals surface area contributed by atoms with E-state index in [0.717, 1.165) is 21.1 Å². The van der Waals surface area contributed by atoms with E-state index >= 15 is 0 Å². The lowest BCUT2D eigenvalue weighted by atomic mass is 10.2. The topological polar surface area (TPSA) is 111 Å². The zero-order valence-corrected chi connectivity index (χ0v) is 19.0. The van der Waals surface area contributed by atoms with Crippen LogP contribution >= 0.6 is 23.1 Å². The van der Waals surface area contributed by atoms with Crippen LogP contribution in [-0.4, -0.2) is 32.7 Å². The minimum Gasteiger partial charge on any atom is -0.366 e. The van der Waals surface area contributed by atoms with Gasteiger partial charge < -0.3 is 11.1 Å². The van der Waals surface area contributed by atoms with Crippen LogP contribution in [0.25, 0.3) is 21.1 Å². The molecule has 2 amide bonds. The molecule has 0 fully saturated rings. The molecule has 0 aliphatic rings. The number of aromatic nitrogens is 3. The van der Waals surface area contributed by atoms with Crippen molar-refractivity contribution in [2.45, 2.75) is 11.9 Å². The summed E-state index contributed by atoms with van der Waals surface area (Å²) in [7, 11) is 0. The highest BCUT2D eigenvalue weighted by atomic mass is 32.2. The largest absolute Gasteiger partial charge is 0.366 e. The Morgan fingerprint density at radius 3 is 2.39 bits per heavy atom. The van der Waals surface area contributed by atoms with Crippen molar-refractivity contribution in [3.8, 4) is 21.1 Å². The molecule has 7 nitrogen and oxygen atoms in total. The molecule has 0 bridgehead atoms. The fourth-order valence-electron chi connectivity index (χ4n) is 2.92. The van der Waals surface area contributed by atoms with Crippen LogP contribution in [0.4, 0.5) is 10.1 Å². The average Bonchev–Trinajstić information content (AvgIpc) is 3.20. The summed E-state index contributed by atoms with van der Waals surface area (Å²) in [5.74, 6) is -0.869. The molecule has 2 aromatic carbocycles. The molecule has 0 atom stereocenters. The van der Waals surface area contributed by atoms with Gasteiger partial charge in [-0.3, -0.25) is 9.59 Å². The van der Waals surface area contributed by atoms with E-state index in [9.17, 15) is 14.0 Å². The zero-order chi connectivity index (χ0) is 23.4. The van der Waals surface area contributed by atoms with Crippen LogP contribution in [0, 0.1) is 12.7 Å². The van der Waals surface area contributed by atoms with Gasteiger partial charge in [0.25, 0.3) is 0 Å². The second kappa shape index (κ2) is 9.88. The lowest BCUT2D eigenvalue weighted by molar-refractivity contribution is -0.113. The third-order valence-corrected chi connectivity index (χ3v) is 6.71. The zero-order valence-electron chi connectivity index (χ0n) is 17.4. The van der Waals surface area contributed by atoms with Crippen LogP contribution in [0.2, 0.25) is 0 Å². The van der Waals surface area contributed by atoms with Crippen molar-refractivity contribution < 1.29 is 14.0 Å². The van der Waals surface area contributed by atoms with Gasteiger partial charge in [-0.05, 0) is 67.6 Å². The second-order valence-corrected chi connectivity index (χ2v) is 8.97. The molecule has 0 aliphatic carbocycles. The molecule has 0 aliphatic heterocycles. The predicted octanol–water partition coefficient (Wildman–Crippen LogP) is 4.54. The van der Waals surface area contributed by atoms with E-state index < -0.39 is 5.91 Å². The fourth-order valence-corrected chi connectivity index (χ4v) is 4.57. The fraction of sp³-hybridized carbons (Fsp3) is 0.0870. The predicted molar refractivity (Wildman–Crippen MR) is 128 cm³/mol. The van der Waals surface area contributed by atoms with Crippen LogP contribution in [0.5, 0.6) is 0 Å². The first-order valence-electron chi connectivity index (χ1n) is 9.79. The molecule has 33 heavy (non-hydrogen) atoms. The first kappa shape index (κ1) is 22.6. The maximum absolute atomic E-state index is 13.2. The number of thioether (sulfide) groups is 1. The number of thiazole rings is 1. The number of aryl methyl sites for hydroxylation is 1. The van der Waals surface area contributed by atoms with Crippen molar-refractivity contribution in [1.29, 1.82) is 0 Å². The summed E-state index contributed by atoms with van der Waals surface area (Å²) in [4.78, 5) is 28.8. The average molecular weight is 480 g/mol. The molecular formula is C23H18FN5O2S2. The number of nitrogens with one attached hydrogen (secondary N) is 1. The molecule has 0 radical (unpaired) electrons. The summed E-state index contributed by atoms with van der Waals surface area (Å²) in [6, 6.07) is 16.2. The number of halogens is 1. The number of amides is 2. The first-order chi connectivity index (χ1) is 15.9. The van der Waals surface area contributed by atoms with Crippen molar-refractivity contribution in [2.75, 3.05) is 11.1 Å². The quantitative estimate of drug-likeness (QED) is 0.377. The van der Waals surface area contributed by atoms with Crippen molar-refractivity contribution in [2.24, 2.45) is 5.73 Å². The van der Waals surface area contributed by atoms with E-state index in [2.05, 4.69) is 20.5 Å². The number of nitrogens with zero attached hydrogens (tertiary/aromatic N) is 3. The summed E-state index contributed by atoms with van der Waals surface area (Å²) in [6.45, 7) is 1.89. The Morgan fingerprint density at radius 1 is 1.03 bits per heavy atom.